The number of benzene rings is 3. The van der Waals surface area contributed by atoms with E-state index in [9.17, 15) is 17.6 Å². The van der Waals surface area contributed by atoms with Crippen LogP contribution in [0.2, 0.25) is 5.02 Å². The number of carbonyl (C=O) groups is 1. The van der Waals surface area contributed by atoms with Crippen LogP contribution >= 0.6 is 22.9 Å². The van der Waals surface area contributed by atoms with Gasteiger partial charge in [-0.25, -0.2) is 17.8 Å². The molecule has 4 rings (SSSR count). The Labute approximate surface area is 186 Å². The van der Waals surface area contributed by atoms with Gasteiger partial charge < -0.3 is 0 Å². The third-order valence-electron chi connectivity index (χ3n) is 4.35. The summed E-state index contributed by atoms with van der Waals surface area (Å²) in [6, 6.07) is 14.4. The number of nitrogens with one attached hydrogen (secondary N) is 2. The summed E-state index contributed by atoms with van der Waals surface area (Å²) in [5.74, 6) is -1.07. The quantitative estimate of drug-likeness (QED) is 0.401. The Morgan fingerprint density at radius 2 is 1.81 bits per heavy atom. The molecule has 0 aliphatic rings. The lowest BCUT2D eigenvalue weighted by molar-refractivity contribution is 0.102. The molecule has 6 nitrogen and oxygen atoms in total. The van der Waals surface area contributed by atoms with E-state index >= 15 is 0 Å². The maximum absolute atomic E-state index is 13.1. The molecule has 1 heterocycles. The number of hydrogen-bond donors (Lipinski definition) is 2. The summed E-state index contributed by atoms with van der Waals surface area (Å²) in [7, 11) is -4.02. The predicted molar refractivity (Wildman–Crippen MR) is 121 cm³/mol. The van der Waals surface area contributed by atoms with Crippen molar-refractivity contribution in [3.63, 3.8) is 0 Å². The number of nitrogens with zero attached hydrogens (tertiary/aromatic N) is 1. The van der Waals surface area contributed by atoms with Crippen molar-refractivity contribution >= 4 is 59.9 Å². The second-order valence-corrected chi connectivity index (χ2v) is 9.82. The molecule has 0 aliphatic heterocycles. The molecule has 31 heavy (non-hydrogen) atoms. The lowest BCUT2D eigenvalue weighted by Gasteiger charge is -2.10. The zero-order valence-corrected chi connectivity index (χ0v) is 18.4. The van der Waals surface area contributed by atoms with Crippen LogP contribution in [0.25, 0.3) is 10.2 Å². The average molecular weight is 476 g/mol. The van der Waals surface area contributed by atoms with Crippen LogP contribution < -0.4 is 10.0 Å². The molecule has 0 bridgehead atoms. The lowest BCUT2D eigenvalue weighted by atomic mass is 10.2. The smallest absolute Gasteiger partial charge is 0.261 e. The number of aryl methyl sites for hydroxylation is 1. The van der Waals surface area contributed by atoms with Crippen molar-refractivity contribution in [2.45, 2.75) is 11.8 Å². The molecule has 2 N–H and O–H groups in total. The molecule has 0 radical (unpaired) electrons. The monoisotopic (exact) mass is 475 g/mol. The lowest BCUT2D eigenvalue weighted by Crippen LogP contribution is -2.16. The Bertz CT molecular complexity index is 1400. The van der Waals surface area contributed by atoms with E-state index in [1.54, 1.807) is 0 Å². The van der Waals surface area contributed by atoms with Crippen molar-refractivity contribution in [3.05, 3.63) is 82.6 Å². The van der Waals surface area contributed by atoms with Crippen LogP contribution in [0.3, 0.4) is 0 Å². The molecule has 0 saturated heterocycles. The highest BCUT2D eigenvalue weighted by Crippen LogP contribution is 2.28. The summed E-state index contributed by atoms with van der Waals surface area (Å²) in [5, 5.41) is 3.14. The van der Waals surface area contributed by atoms with E-state index in [1.165, 1.54) is 41.7 Å². The first-order valence-corrected chi connectivity index (χ1v) is 11.7. The van der Waals surface area contributed by atoms with Gasteiger partial charge in [0.25, 0.3) is 15.9 Å². The fourth-order valence-electron chi connectivity index (χ4n) is 2.83. The molecule has 10 heteroatoms. The van der Waals surface area contributed by atoms with Gasteiger partial charge in [-0.2, -0.15) is 0 Å². The van der Waals surface area contributed by atoms with Crippen molar-refractivity contribution in [1.82, 2.24) is 4.98 Å². The summed E-state index contributed by atoms with van der Waals surface area (Å²) in [6.07, 6.45) is 0. The minimum atomic E-state index is -4.02. The highest BCUT2D eigenvalue weighted by Gasteiger charge is 2.20. The first kappa shape index (κ1) is 21.2. The zero-order valence-electron chi connectivity index (χ0n) is 16.0. The Balaban J connectivity index is 1.60. The highest BCUT2D eigenvalue weighted by atomic mass is 35.5. The van der Waals surface area contributed by atoms with E-state index in [2.05, 4.69) is 15.0 Å². The van der Waals surface area contributed by atoms with Crippen LogP contribution in [-0.4, -0.2) is 19.3 Å². The van der Waals surface area contributed by atoms with Gasteiger partial charge in [-0.05, 0) is 67.1 Å². The van der Waals surface area contributed by atoms with Gasteiger partial charge in [-0.15, -0.1) is 0 Å². The SMILES string of the molecule is Cc1ccc2nc(NC(=O)c3cc(S(=O)(=O)Nc4ccc(F)cc4)ccc3Cl)sc2c1. The minimum absolute atomic E-state index is 0.0147. The number of hydrogen-bond acceptors (Lipinski definition) is 5. The molecular weight excluding hydrogens is 461 g/mol. The highest BCUT2D eigenvalue weighted by molar-refractivity contribution is 7.92. The van der Waals surface area contributed by atoms with E-state index < -0.39 is 21.7 Å². The van der Waals surface area contributed by atoms with Crippen LogP contribution in [0.5, 0.6) is 0 Å². The fraction of sp³-hybridized carbons (Fsp3) is 0.0476. The number of rotatable bonds is 5. The molecule has 1 aromatic heterocycles. The van der Waals surface area contributed by atoms with Crippen molar-refractivity contribution in [3.8, 4) is 0 Å². The number of aromatic nitrogens is 1. The topological polar surface area (TPSA) is 88.2 Å². The number of amides is 1. The Kier molecular flexibility index (Phi) is 5.65. The molecule has 4 aromatic rings. The predicted octanol–water partition coefficient (Wildman–Crippen LogP) is 5.45. The van der Waals surface area contributed by atoms with E-state index in [0.29, 0.717) is 5.13 Å². The number of anilines is 2. The maximum atomic E-state index is 13.1. The van der Waals surface area contributed by atoms with Crippen molar-refractivity contribution in [2.24, 2.45) is 0 Å². The van der Waals surface area contributed by atoms with Gasteiger partial charge in [0.05, 0.1) is 25.7 Å². The Morgan fingerprint density at radius 1 is 1.06 bits per heavy atom. The molecule has 0 aliphatic carbocycles. The molecule has 158 valence electrons. The molecule has 0 atom stereocenters. The number of thiazole rings is 1. The molecule has 1 amide bonds. The van der Waals surface area contributed by atoms with Crippen molar-refractivity contribution in [2.75, 3.05) is 10.0 Å². The van der Waals surface area contributed by atoms with Gasteiger partial charge in [-0.1, -0.05) is 29.0 Å². The number of halogens is 2. The first-order valence-electron chi connectivity index (χ1n) is 8.98. The Hall–Kier alpha value is -3.01. The van der Waals surface area contributed by atoms with Gasteiger partial charge in [0.1, 0.15) is 5.82 Å². The summed E-state index contributed by atoms with van der Waals surface area (Å²) < 4.78 is 41.7. The van der Waals surface area contributed by atoms with Gasteiger partial charge in [0.15, 0.2) is 5.13 Å². The Morgan fingerprint density at radius 3 is 2.55 bits per heavy atom. The number of carbonyl (C=O) groups excluding carboxylic acids is 1. The molecular formula is C21H15ClFN3O3S2. The third-order valence-corrected chi connectivity index (χ3v) is 7.00. The van der Waals surface area contributed by atoms with Gasteiger partial charge in [-0.3, -0.25) is 14.8 Å². The van der Waals surface area contributed by atoms with Crippen LogP contribution in [-0.2, 0) is 10.0 Å². The van der Waals surface area contributed by atoms with E-state index in [4.69, 9.17) is 11.6 Å². The van der Waals surface area contributed by atoms with E-state index in [-0.39, 0.29) is 21.2 Å². The number of sulfonamides is 1. The summed E-state index contributed by atoms with van der Waals surface area (Å²) in [5.41, 5.74) is 1.99. The second kappa shape index (κ2) is 8.26. The van der Waals surface area contributed by atoms with Crippen LogP contribution in [0.1, 0.15) is 15.9 Å². The van der Waals surface area contributed by atoms with Crippen molar-refractivity contribution < 1.29 is 17.6 Å². The normalized spacial score (nSPS) is 11.5. The third kappa shape index (κ3) is 4.68. The molecule has 0 spiro atoms. The molecule has 0 fully saturated rings. The minimum Gasteiger partial charge on any atom is -0.298 e. The summed E-state index contributed by atoms with van der Waals surface area (Å²) >= 11 is 7.46. The fourth-order valence-corrected chi connectivity index (χ4v) is 5.07. The largest absolute Gasteiger partial charge is 0.298 e. The van der Waals surface area contributed by atoms with Gasteiger partial charge in [0.2, 0.25) is 0 Å². The van der Waals surface area contributed by atoms with Crippen LogP contribution in [0, 0.1) is 12.7 Å². The molecule has 3 aromatic carbocycles. The average Bonchev–Trinajstić information content (AvgIpc) is 3.11. The van der Waals surface area contributed by atoms with E-state index in [0.717, 1.165) is 27.9 Å². The molecule has 0 unspecified atom stereocenters. The summed E-state index contributed by atoms with van der Waals surface area (Å²) in [4.78, 5) is 17.0. The van der Waals surface area contributed by atoms with Crippen molar-refractivity contribution in [1.29, 1.82) is 0 Å². The second-order valence-electron chi connectivity index (χ2n) is 6.70. The maximum Gasteiger partial charge on any atom is 0.261 e. The number of fused-ring (bicyclic) bond motifs is 1. The molecule has 0 saturated carbocycles. The van der Waals surface area contributed by atoms with Crippen LogP contribution in [0.4, 0.5) is 15.2 Å². The van der Waals surface area contributed by atoms with E-state index in [1.807, 2.05) is 25.1 Å². The first-order chi connectivity index (χ1) is 14.7. The van der Waals surface area contributed by atoms with Gasteiger partial charge in [0, 0.05) is 5.69 Å². The summed E-state index contributed by atoms with van der Waals surface area (Å²) in [6.45, 7) is 1.96. The van der Waals surface area contributed by atoms with Gasteiger partial charge >= 0.3 is 0 Å². The zero-order chi connectivity index (χ0) is 22.2. The standard InChI is InChI=1S/C21H15ClFN3O3S2/c1-12-2-9-18-19(10-12)30-21(24-18)25-20(27)16-11-15(7-8-17(16)22)31(28,29)26-14-5-3-13(23)4-6-14/h2-11,26H,1H3,(H,24,25,27). The van der Waals surface area contributed by atoms with Crippen LogP contribution in [0.15, 0.2) is 65.6 Å².